The van der Waals surface area contributed by atoms with E-state index < -0.39 is 47.6 Å². The minimum absolute atomic E-state index is 0.272. The summed E-state index contributed by atoms with van der Waals surface area (Å²) < 4.78 is 60.9. The van der Waals surface area contributed by atoms with Crippen molar-refractivity contribution in [1.29, 1.82) is 0 Å². The number of rotatable bonds is 4. The van der Waals surface area contributed by atoms with Gasteiger partial charge in [-0.25, -0.2) is 0 Å². The van der Waals surface area contributed by atoms with Gasteiger partial charge in [0.2, 0.25) is 0 Å². The molecule has 0 saturated heterocycles. The molecule has 0 spiro atoms. The van der Waals surface area contributed by atoms with Crippen LogP contribution < -0.4 is 12.5 Å². The van der Waals surface area contributed by atoms with E-state index in [1.54, 1.807) is 91.0 Å². The minimum atomic E-state index is -4.93. The average Bonchev–Trinajstić information content (AvgIpc) is 2.77. The Morgan fingerprint density at radius 2 is 0.759 bits per heavy atom. The van der Waals surface area contributed by atoms with E-state index >= 15 is 8.78 Å². The van der Waals surface area contributed by atoms with Crippen LogP contribution in [0.15, 0.2) is 97.1 Å². The Kier molecular flexibility index (Phi) is 5.54. The molecule has 0 aliphatic rings. The van der Waals surface area contributed by atoms with Crippen molar-refractivity contribution in [2.24, 2.45) is 0 Å². The van der Waals surface area contributed by atoms with E-state index in [2.05, 4.69) is 0 Å². The van der Waals surface area contributed by atoms with E-state index in [0.717, 1.165) is 0 Å². The molecule has 4 aromatic carbocycles. The van der Waals surface area contributed by atoms with Gasteiger partial charge in [0.1, 0.15) is 0 Å². The standard InChI is InChI=1S/C6HF4.3C6H5.Pb/c7-3-1-4(8)6(10)2-5(3)9;3*1-2-4-6-5-3-1;/h1H;3*1-5H;. The van der Waals surface area contributed by atoms with Gasteiger partial charge in [0.05, 0.1) is 0 Å². The normalized spacial score (nSPS) is 11.4. The fourth-order valence-electron chi connectivity index (χ4n) is 3.90. The maximum atomic E-state index is 15.3. The first-order chi connectivity index (χ1) is 14.1. The Balaban J connectivity index is 2.26. The number of halogens is 4. The third-order valence-corrected chi connectivity index (χ3v) is 23.7. The molecule has 0 aliphatic carbocycles. The molecule has 0 saturated carbocycles. The predicted molar refractivity (Wildman–Crippen MR) is 110 cm³/mol. The topological polar surface area (TPSA) is 0 Å². The third kappa shape index (κ3) is 3.29. The molecule has 0 fully saturated rings. The van der Waals surface area contributed by atoms with Gasteiger partial charge in [-0.1, -0.05) is 0 Å². The average molecular weight is 588 g/mol. The molecule has 4 rings (SSSR count). The molecule has 29 heavy (non-hydrogen) atoms. The third-order valence-electron chi connectivity index (χ3n) is 5.11. The van der Waals surface area contributed by atoms with Crippen LogP contribution in [0.1, 0.15) is 0 Å². The van der Waals surface area contributed by atoms with E-state index in [0.29, 0.717) is 9.37 Å². The Morgan fingerprint density at radius 3 is 1.07 bits per heavy atom. The summed E-state index contributed by atoms with van der Waals surface area (Å²) in [6.45, 7) is 0. The molecule has 5 heteroatoms. The van der Waals surface area contributed by atoms with Crippen LogP contribution in [-0.2, 0) is 0 Å². The summed E-state index contributed by atoms with van der Waals surface area (Å²) in [5, 5.41) is 0. The van der Waals surface area contributed by atoms with Crippen LogP contribution in [0, 0.1) is 23.3 Å². The van der Waals surface area contributed by atoms with Gasteiger partial charge in [-0.05, 0) is 0 Å². The van der Waals surface area contributed by atoms with Gasteiger partial charge in [0.15, 0.2) is 0 Å². The Hall–Kier alpha value is -2.48. The molecular formula is C24H16F4Pb. The zero-order valence-electron chi connectivity index (χ0n) is 15.2. The SMILES string of the molecule is Fc1cc(F)c(F)[c]([Pb]([c]2ccccc2)([c]2ccccc2)[c]2ccccc2)c1F. The maximum absolute atomic E-state index is 15.3. The summed E-state index contributed by atoms with van der Waals surface area (Å²) in [7, 11) is 0. The summed E-state index contributed by atoms with van der Waals surface area (Å²) in [5.74, 6) is -5.40. The number of hydrogen-bond donors (Lipinski definition) is 0. The molecule has 0 bridgehead atoms. The number of benzene rings is 4. The van der Waals surface area contributed by atoms with Crippen molar-refractivity contribution in [2.75, 3.05) is 0 Å². The Morgan fingerprint density at radius 1 is 0.448 bits per heavy atom. The van der Waals surface area contributed by atoms with E-state index in [9.17, 15) is 8.78 Å². The van der Waals surface area contributed by atoms with Gasteiger partial charge in [-0.15, -0.1) is 0 Å². The van der Waals surface area contributed by atoms with Crippen LogP contribution in [0.4, 0.5) is 17.6 Å². The van der Waals surface area contributed by atoms with Crippen LogP contribution >= 0.6 is 0 Å². The van der Waals surface area contributed by atoms with Gasteiger partial charge < -0.3 is 0 Å². The number of hydrogen-bond acceptors (Lipinski definition) is 0. The molecule has 0 unspecified atom stereocenters. The van der Waals surface area contributed by atoms with Crippen molar-refractivity contribution in [3.05, 3.63) is 120 Å². The first-order valence-corrected chi connectivity index (χ1v) is 16.8. The summed E-state index contributed by atoms with van der Waals surface area (Å²) in [5.41, 5.74) is 0. The van der Waals surface area contributed by atoms with Crippen molar-refractivity contribution in [3.8, 4) is 0 Å². The first kappa shape index (κ1) is 19.8. The molecular weight excluding hydrogens is 571 g/mol. The molecule has 0 aliphatic heterocycles. The van der Waals surface area contributed by atoms with Crippen molar-refractivity contribution in [2.45, 2.75) is 0 Å². The van der Waals surface area contributed by atoms with Gasteiger partial charge in [-0.2, -0.15) is 0 Å². The van der Waals surface area contributed by atoms with Crippen molar-refractivity contribution in [3.63, 3.8) is 0 Å². The summed E-state index contributed by atoms with van der Waals surface area (Å²) >= 11 is -4.93. The molecule has 0 radical (unpaired) electrons. The summed E-state index contributed by atoms with van der Waals surface area (Å²) in [6, 6.07) is 27.1. The molecule has 0 amide bonds. The Bertz CT molecular complexity index is 1010. The molecule has 0 atom stereocenters. The quantitative estimate of drug-likeness (QED) is 0.195. The van der Waals surface area contributed by atoms with E-state index in [-0.39, 0.29) is 6.07 Å². The zero-order valence-corrected chi connectivity index (χ0v) is 19.1. The predicted octanol–water partition coefficient (Wildman–Crippen LogP) is 3.62. The first-order valence-electron chi connectivity index (χ1n) is 9.07. The van der Waals surface area contributed by atoms with Crippen LogP contribution in [-0.4, -0.2) is 21.2 Å². The Labute approximate surface area is 171 Å². The van der Waals surface area contributed by atoms with E-state index in [1.807, 2.05) is 0 Å². The van der Waals surface area contributed by atoms with Crippen molar-refractivity contribution in [1.82, 2.24) is 0 Å². The molecule has 0 N–H and O–H groups in total. The molecule has 144 valence electrons. The molecule has 0 heterocycles. The van der Waals surface area contributed by atoms with Crippen LogP contribution in [0.5, 0.6) is 0 Å². The van der Waals surface area contributed by atoms with E-state index in [1.165, 1.54) is 0 Å². The molecule has 0 aromatic heterocycles. The van der Waals surface area contributed by atoms with Crippen molar-refractivity contribution < 1.29 is 17.6 Å². The summed E-state index contributed by atoms with van der Waals surface area (Å²) in [6.07, 6.45) is 0. The van der Waals surface area contributed by atoms with Gasteiger partial charge in [0, 0.05) is 0 Å². The van der Waals surface area contributed by atoms with Crippen LogP contribution in [0.2, 0.25) is 0 Å². The van der Waals surface area contributed by atoms with E-state index in [4.69, 9.17) is 0 Å². The fourth-order valence-corrected chi connectivity index (χ4v) is 22.7. The zero-order chi connectivity index (χ0) is 20.4. The van der Waals surface area contributed by atoms with Crippen LogP contribution in [0.25, 0.3) is 0 Å². The fraction of sp³-hybridized carbons (Fsp3) is 0. The second-order valence-corrected chi connectivity index (χ2v) is 21.2. The van der Waals surface area contributed by atoms with Crippen LogP contribution in [0.3, 0.4) is 0 Å². The second-order valence-electron chi connectivity index (χ2n) is 6.69. The monoisotopic (exact) mass is 588 g/mol. The molecule has 0 nitrogen and oxygen atoms in total. The second kappa shape index (κ2) is 8.10. The molecule has 4 aromatic rings. The summed E-state index contributed by atoms with van der Waals surface area (Å²) in [4.78, 5) is 0. The van der Waals surface area contributed by atoms with Gasteiger partial charge in [0.25, 0.3) is 0 Å². The van der Waals surface area contributed by atoms with Gasteiger partial charge in [-0.3, -0.25) is 0 Å². The van der Waals surface area contributed by atoms with Crippen molar-refractivity contribution >= 4 is 33.7 Å². The van der Waals surface area contributed by atoms with Gasteiger partial charge >= 0.3 is 172 Å².